The van der Waals surface area contributed by atoms with Crippen LogP contribution in [0.3, 0.4) is 0 Å². The molecule has 0 saturated heterocycles. The number of benzene rings is 1. The van der Waals surface area contributed by atoms with E-state index in [-0.39, 0.29) is 0 Å². The number of pyridine rings is 1. The van der Waals surface area contributed by atoms with E-state index in [1.54, 1.807) is 0 Å². The molecule has 0 unspecified atom stereocenters. The van der Waals surface area contributed by atoms with Crippen molar-refractivity contribution in [3.63, 3.8) is 0 Å². The van der Waals surface area contributed by atoms with Crippen LogP contribution in [-0.2, 0) is 12.8 Å². The van der Waals surface area contributed by atoms with Gasteiger partial charge in [-0.05, 0) is 47.2 Å². The molecule has 92 valence electrons. The third kappa shape index (κ3) is 3.30. The molecule has 0 saturated carbocycles. The van der Waals surface area contributed by atoms with Crippen LogP contribution in [0.4, 0.5) is 0 Å². The van der Waals surface area contributed by atoms with Crippen LogP contribution in [0, 0.1) is 0 Å². The first kappa shape index (κ1) is 12.6. The van der Waals surface area contributed by atoms with Crippen molar-refractivity contribution in [1.29, 1.82) is 0 Å². The zero-order valence-corrected chi connectivity index (χ0v) is 10.9. The first-order valence-corrected chi connectivity index (χ1v) is 6.45. The third-order valence-electron chi connectivity index (χ3n) is 3.04. The van der Waals surface area contributed by atoms with Crippen LogP contribution in [0.2, 0.25) is 0 Å². The fourth-order valence-electron chi connectivity index (χ4n) is 2.08. The fraction of sp³-hybridized carbons (Fsp3) is 0.235. The highest BCUT2D eigenvalue weighted by Gasteiger charge is 2.02. The minimum Gasteiger partial charge on any atom is -0.265 e. The van der Waals surface area contributed by atoms with Crippen molar-refractivity contribution >= 4 is 5.57 Å². The molecular weight excluding hydrogens is 218 g/mol. The zero-order chi connectivity index (χ0) is 12.8. The molecule has 0 fully saturated rings. The molecule has 0 aliphatic carbocycles. The first-order chi connectivity index (χ1) is 8.79. The van der Waals surface area contributed by atoms with Crippen molar-refractivity contribution in [2.75, 3.05) is 0 Å². The van der Waals surface area contributed by atoms with Crippen LogP contribution in [0.5, 0.6) is 0 Å². The lowest BCUT2D eigenvalue weighted by molar-refractivity contribution is 0.921. The Morgan fingerprint density at radius 2 is 1.89 bits per heavy atom. The number of aryl methyl sites for hydroxylation is 1. The molecular formula is C17H19N. The molecule has 0 atom stereocenters. The van der Waals surface area contributed by atoms with Crippen LogP contribution < -0.4 is 0 Å². The molecule has 1 heteroatoms. The molecule has 2 rings (SSSR count). The molecule has 0 radical (unpaired) electrons. The van der Waals surface area contributed by atoms with Gasteiger partial charge in [0.1, 0.15) is 0 Å². The Bertz CT molecular complexity index is 514. The van der Waals surface area contributed by atoms with E-state index in [9.17, 15) is 0 Å². The molecule has 2 aromatic rings. The summed E-state index contributed by atoms with van der Waals surface area (Å²) < 4.78 is 0. The van der Waals surface area contributed by atoms with Gasteiger partial charge in [0.15, 0.2) is 0 Å². The average molecular weight is 237 g/mol. The van der Waals surface area contributed by atoms with Gasteiger partial charge in [0, 0.05) is 12.4 Å². The van der Waals surface area contributed by atoms with Crippen LogP contribution in [0.15, 0.2) is 55.4 Å². The normalized spacial score (nSPS) is 10.3. The maximum Gasteiger partial charge on any atom is 0.0270 e. The number of nitrogens with zero attached hydrogens (tertiary/aromatic N) is 1. The van der Waals surface area contributed by atoms with Crippen molar-refractivity contribution in [3.05, 3.63) is 72.1 Å². The summed E-state index contributed by atoms with van der Waals surface area (Å²) in [4.78, 5) is 4.03. The third-order valence-corrected chi connectivity index (χ3v) is 3.04. The predicted molar refractivity (Wildman–Crippen MR) is 77.4 cm³/mol. The molecule has 0 aliphatic heterocycles. The van der Waals surface area contributed by atoms with Crippen LogP contribution in [0.25, 0.3) is 5.57 Å². The molecule has 1 heterocycles. The maximum atomic E-state index is 4.20. The van der Waals surface area contributed by atoms with Crippen molar-refractivity contribution in [1.82, 2.24) is 4.98 Å². The van der Waals surface area contributed by atoms with E-state index in [4.69, 9.17) is 0 Å². The highest BCUT2D eigenvalue weighted by atomic mass is 14.6. The number of hydrogen-bond donors (Lipinski definition) is 0. The number of aromatic nitrogens is 1. The Morgan fingerprint density at radius 1 is 1.11 bits per heavy atom. The summed E-state index contributed by atoms with van der Waals surface area (Å²) in [5, 5.41) is 0. The highest BCUT2D eigenvalue weighted by Crippen LogP contribution is 2.19. The van der Waals surface area contributed by atoms with E-state index < -0.39 is 0 Å². The van der Waals surface area contributed by atoms with Gasteiger partial charge >= 0.3 is 0 Å². The second-order valence-corrected chi connectivity index (χ2v) is 4.59. The van der Waals surface area contributed by atoms with E-state index >= 15 is 0 Å². The lowest BCUT2D eigenvalue weighted by atomic mass is 9.97. The SMILES string of the molecule is C=C(Cc1ccncc1)c1cccc(CCC)c1. The lowest BCUT2D eigenvalue weighted by Crippen LogP contribution is -1.92. The summed E-state index contributed by atoms with van der Waals surface area (Å²) in [6.07, 6.45) is 6.86. The quantitative estimate of drug-likeness (QED) is 0.756. The van der Waals surface area contributed by atoms with Gasteiger partial charge in [0.25, 0.3) is 0 Å². The van der Waals surface area contributed by atoms with Crippen molar-refractivity contribution in [2.24, 2.45) is 0 Å². The Labute approximate surface area is 109 Å². The Balaban J connectivity index is 2.11. The average Bonchev–Trinajstić information content (AvgIpc) is 2.40. The van der Waals surface area contributed by atoms with Gasteiger partial charge in [-0.2, -0.15) is 0 Å². The topological polar surface area (TPSA) is 12.9 Å². The summed E-state index contributed by atoms with van der Waals surface area (Å²) in [7, 11) is 0. The van der Waals surface area contributed by atoms with Crippen molar-refractivity contribution < 1.29 is 0 Å². The summed E-state index contributed by atoms with van der Waals surface area (Å²) >= 11 is 0. The molecule has 0 amide bonds. The molecule has 1 aromatic carbocycles. The largest absolute Gasteiger partial charge is 0.265 e. The van der Waals surface area contributed by atoms with Crippen LogP contribution in [-0.4, -0.2) is 4.98 Å². The molecule has 0 bridgehead atoms. The number of allylic oxidation sites excluding steroid dienone is 1. The first-order valence-electron chi connectivity index (χ1n) is 6.45. The van der Waals surface area contributed by atoms with Crippen molar-refractivity contribution in [2.45, 2.75) is 26.2 Å². The smallest absolute Gasteiger partial charge is 0.0270 e. The Kier molecular flexibility index (Phi) is 4.30. The van der Waals surface area contributed by atoms with E-state index in [0.717, 1.165) is 12.8 Å². The second kappa shape index (κ2) is 6.15. The molecule has 1 nitrogen and oxygen atoms in total. The number of hydrogen-bond acceptors (Lipinski definition) is 1. The molecule has 0 aliphatic rings. The van der Waals surface area contributed by atoms with Gasteiger partial charge in [-0.25, -0.2) is 0 Å². The van der Waals surface area contributed by atoms with Crippen molar-refractivity contribution in [3.8, 4) is 0 Å². The Morgan fingerprint density at radius 3 is 2.61 bits per heavy atom. The minimum absolute atomic E-state index is 0.887. The molecule has 0 N–H and O–H groups in total. The summed E-state index contributed by atoms with van der Waals surface area (Å²) in [5.74, 6) is 0. The van der Waals surface area contributed by atoms with Gasteiger partial charge in [-0.1, -0.05) is 44.2 Å². The minimum atomic E-state index is 0.887. The Hall–Kier alpha value is -1.89. The number of rotatable bonds is 5. The maximum absolute atomic E-state index is 4.20. The van der Waals surface area contributed by atoms with E-state index in [2.05, 4.69) is 42.8 Å². The highest BCUT2D eigenvalue weighted by molar-refractivity contribution is 5.66. The lowest BCUT2D eigenvalue weighted by Gasteiger charge is -2.08. The summed E-state index contributed by atoms with van der Waals surface area (Å²) in [6, 6.07) is 12.8. The predicted octanol–water partition coefficient (Wildman–Crippen LogP) is 4.29. The molecule has 0 spiro atoms. The molecule has 18 heavy (non-hydrogen) atoms. The van der Waals surface area contributed by atoms with Gasteiger partial charge in [-0.3, -0.25) is 4.98 Å². The fourth-order valence-corrected chi connectivity index (χ4v) is 2.08. The molecule has 1 aromatic heterocycles. The van der Waals surface area contributed by atoms with Gasteiger partial charge < -0.3 is 0 Å². The van der Waals surface area contributed by atoms with Crippen LogP contribution >= 0.6 is 0 Å². The summed E-state index contributed by atoms with van der Waals surface area (Å²) in [6.45, 7) is 6.41. The van der Waals surface area contributed by atoms with Gasteiger partial charge in [-0.15, -0.1) is 0 Å². The van der Waals surface area contributed by atoms with Gasteiger partial charge in [0.2, 0.25) is 0 Å². The standard InChI is InChI=1S/C17H19N/c1-3-5-15-6-4-7-17(13-15)14(2)12-16-8-10-18-11-9-16/h4,6-11,13H,2-3,5,12H2,1H3. The second-order valence-electron chi connectivity index (χ2n) is 4.59. The van der Waals surface area contributed by atoms with E-state index in [0.29, 0.717) is 0 Å². The van der Waals surface area contributed by atoms with Crippen LogP contribution in [0.1, 0.15) is 30.0 Å². The van der Waals surface area contributed by atoms with E-state index in [1.165, 1.54) is 28.7 Å². The van der Waals surface area contributed by atoms with Gasteiger partial charge in [0.05, 0.1) is 0 Å². The van der Waals surface area contributed by atoms with E-state index in [1.807, 2.05) is 24.5 Å². The summed E-state index contributed by atoms with van der Waals surface area (Å²) in [5.41, 5.74) is 5.07. The monoisotopic (exact) mass is 237 g/mol. The zero-order valence-electron chi connectivity index (χ0n) is 10.9.